The Morgan fingerprint density at radius 1 is 1.05 bits per heavy atom. The summed E-state index contributed by atoms with van der Waals surface area (Å²) in [6.07, 6.45) is 4.65. The molecule has 1 amide bonds. The smallest absolute Gasteiger partial charge is 0.410 e. The molecule has 0 radical (unpaired) electrons. The first-order valence-corrected chi connectivity index (χ1v) is 16.1. The standard InChI is InChI=1S/C31H39N7O4S/c1-22-7-12-27(35(5)43(6,40)41)24(19-22)21-38-14-13-23-20-32-29(34-28(23)38)33-25-8-10-26(11-9-25)36-15-17-37(18-16-36)30(39)42-31(2,3)4/h7-14,19-20H,15-18,21H2,1-6H3,(H,32,33,34). The molecule has 0 atom stereocenters. The minimum Gasteiger partial charge on any atom is -0.444 e. The second kappa shape index (κ2) is 11.8. The number of aromatic nitrogens is 3. The lowest BCUT2D eigenvalue weighted by Crippen LogP contribution is -2.50. The van der Waals surface area contributed by atoms with Crippen LogP contribution >= 0.6 is 0 Å². The van der Waals surface area contributed by atoms with E-state index in [2.05, 4.69) is 15.2 Å². The predicted octanol–water partition coefficient (Wildman–Crippen LogP) is 4.98. The molecule has 5 rings (SSSR count). The highest BCUT2D eigenvalue weighted by Gasteiger charge is 2.26. The van der Waals surface area contributed by atoms with E-state index in [0.717, 1.165) is 46.6 Å². The highest BCUT2D eigenvalue weighted by Crippen LogP contribution is 2.27. The molecule has 43 heavy (non-hydrogen) atoms. The van der Waals surface area contributed by atoms with E-state index in [1.54, 1.807) is 18.1 Å². The third-order valence-corrected chi connectivity index (χ3v) is 8.53. The largest absolute Gasteiger partial charge is 0.444 e. The second-order valence-electron chi connectivity index (χ2n) is 11.9. The van der Waals surface area contributed by atoms with E-state index in [0.29, 0.717) is 31.3 Å². The Hall–Kier alpha value is -4.32. The number of nitrogens with one attached hydrogen (secondary N) is 1. The fourth-order valence-electron chi connectivity index (χ4n) is 5.03. The number of hydrogen-bond donors (Lipinski definition) is 1. The van der Waals surface area contributed by atoms with E-state index in [1.165, 1.54) is 10.6 Å². The Morgan fingerprint density at radius 2 is 1.74 bits per heavy atom. The summed E-state index contributed by atoms with van der Waals surface area (Å²) in [5.74, 6) is 0.462. The van der Waals surface area contributed by atoms with Crippen LogP contribution in [0, 0.1) is 6.92 Å². The maximum absolute atomic E-state index is 12.4. The van der Waals surface area contributed by atoms with Gasteiger partial charge in [-0.05, 0) is 69.7 Å². The molecule has 12 heteroatoms. The van der Waals surface area contributed by atoms with Crippen molar-refractivity contribution in [2.45, 2.75) is 39.8 Å². The van der Waals surface area contributed by atoms with Crippen LogP contribution in [0.4, 0.5) is 27.8 Å². The SMILES string of the molecule is Cc1ccc(N(C)S(C)(=O)=O)c(Cn2ccc3cnc(Nc4ccc(N5CCN(C(=O)OC(C)(C)C)CC5)cc4)nc32)c1. The zero-order valence-corrected chi connectivity index (χ0v) is 26.4. The number of ether oxygens (including phenoxy) is 1. The van der Waals surface area contributed by atoms with Crippen LogP contribution in [0.1, 0.15) is 31.9 Å². The molecule has 0 spiro atoms. The number of hydrogen-bond acceptors (Lipinski definition) is 8. The van der Waals surface area contributed by atoms with Gasteiger partial charge in [-0.2, -0.15) is 4.98 Å². The molecule has 11 nitrogen and oxygen atoms in total. The van der Waals surface area contributed by atoms with E-state index in [1.807, 2.05) is 87.0 Å². The van der Waals surface area contributed by atoms with Gasteiger partial charge in [-0.15, -0.1) is 0 Å². The number of amides is 1. The van der Waals surface area contributed by atoms with Gasteiger partial charge in [-0.1, -0.05) is 17.7 Å². The minimum atomic E-state index is -3.41. The van der Waals surface area contributed by atoms with Crippen molar-refractivity contribution in [3.8, 4) is 0 Å². The van der Waals surface area contributed by atoms with Crippen LogP contribution in [-0.2, 0) is 21.3 Å². The molecule has 0 aliphatic carbocycles. The van der Waals surface area contributed by atoms with E-state index < -0.39 is 15.6 Å². The summed E-state index contributed by atoms with van der Waals surface area (Å²) in [5.41, 5.74) is 4.72. The lowest BCUT2D eigenvalue weighted by atomic mass is 10.1. The monoisotopic (exact) mass is 605 g/mol. The number of piperazine rings is 1. The first-order valence-electron chi connectivity index (χ1n) is 14.2. The minimum absolute atomic E-state index is 0.268. The summed E-state index contributed by atoms with van der Waals surface area (Å²) < 4.78 is 33.3. The summed E-state index contributed by atoms with van der Waals surface area (Å²) in [7, 11) is -1.85. The molecule has 1 saturated heterocycles. The number of fused-ring (bicyclic) bond motifs is 1. The number of aryl methyl sites for hydroxylation is 1. The van der Waals surface area contributed by atoms with E-state index >= 15 is 0 Å². The highest BCUT2D eigenvalue weighted by atomic mass is 32.2. The van der Waals surface area contributed by atoms with E-state index in [9.17, 15) is 13.2 Å². The Balaban J connectivity index is 1.27. The Morgan fingerprint density at radius 3 is 2.40 bits per heavy atom. The number of rotatable bonds is 7. The normalized spacial score (nSPS) is 14.2. The van der Waals surface area contributed by atoms with Crippen molar-refractivity contribution in [2.24, 2.45) is 0 Å². The van der Waals surface area contributed by atoms with Gasteiger partial charge in [0.1, 0.15) is 11.2 Å². The molecule has 1 aliphatic rings. The summed E-state index contributed by atoms with van der Waals surface area (Å²) in [6.45, 7) is 10.7. The average Bonchev–Trinajstić information content (AvgIpc) is 3.34. The van der Waals surface area contributed by atoms with Gasteiger partial charge in [0.25, 0.3) is 0 Å². The third kappa shape index (κ3) is 7.19. The number of anilines is 4. The van der Waals surface area contributed by atoms with Crippen LogP contribution in [0.2, 0.25) is 0 Å². The fraction of sp³-hybridized carbons (Fsp3) is 0.387. The summed E-state index contributed by atoms with van der Waals surface area (Å²) in [6, 6.07) is 15.8. The molecular formula is C31H39N7O4S. The van der Waals surface area contributed by atoms with Gasteiger partial charge in [0, 0.05) is 62.4 Å². The molecule has 2 aromatic carbocycles. The number of nitrogens with zero attached hydrogens (tertiary/aromatic N) is 6. The van der Waals surface area contributed by atoms with Crippen molar-refractivity contribution in [1.29, 1.82) is 0 Å². The third-order valence-electron chi connectivity index (χ3n) is 7.33. The van der Waals surface area contributed by atoms with Crippen molar-refractivity contribution < 1.29 is 17.9 Å². The Bertz CT molecular complexity index is 1720. The van der Waals surface area contributed by atoms with Gasteiger partial charge >= 0.3 is 6.09 Å². The zero-order chi connectivity index (χ0) is 30.9. The molecule has 228 valence electrons. The van der Waals surface area contributed by atoms with Crippen molar-refractivity contribution in [1.82, 2.24) is 19.4 Å². The quantitative estimate of drug-likeness (QED) is 0.314. The van der Waals surface area contributed by atoms with Crippen molar-refractivity contribution in [3.63, 3.8) is 0 Å². The summed E-state index contributed by atoms with van der Waals surface area (Å²) >= 11 is 0. The van der Waals surface area contributed by atoms with Crippen LogP contribution < -0.4 is 14.5 Å². The molecule has 4 aromatic rings. The number of sulfonamides is 1. The molecule has 2 aromatic heterocycles. The topological polar surface area (TPSA) is 113 Å². The molecule has 1 fully saturated rings. The first-order chi connectivity index (χ1) is 20.3. The van der Waals surface area contributed by atoms with Gasteiger partial charge in [0.05, 0.1) is 18.5 Å². The molecular weight excluding hydrogens is 566 g/mol. The van der Waals surface area contributed by atoms with E-state index in [4.69, 9.17) is 9.72 Å². The van der Waals surface area contributed by atoms with Crippen LogP contribution in [0.25, 0.3) is 11.0 Å². The van der Waals surface area contributed by atoms with Crippen LogP contribution in [-0.4, -0.2) is 79.0 Å². The fourth-order valence-corrected chi connectivity index (χ4v) is 5.56. The lowest BCUT2D eigenvalue weighted by Gasteiger charge is -2.36. The van der Waals surface area contributed by atoms with Crippen LogP contribution in [0.3, 0.4) is 0 Å². The predicted molar refractivity (Wildman–Crippen MR) is 171 cm³/mol. The maximum atomic E-state index is 12.4. The molecule has 0 saturated carbocycles. The van der Waals surface area contributed by atoms with Gasteiger partial charge in [-0.3, -0.25) is 4.31 Å². The number of carbonyl (C=O) groups excluding carboxylic acids is 1. The number of benzene rings is 2. The maximum Gasteiger partial charge on any atom is 0.410 e. The first kappa shape index (κ1) is 30.1. The van der Waals surface area contributed by atoms with Gasteiger partial charge in [-0.25, -0.2) is 18.2 Å². The molecule has 0 unspecified atom stereocenters. The number of carbonyl (C=O) groups is 1. The van der Waals surface area contributed by atoms with E-state index in [-0.39, 0.29) is 6.09 Å². The average molecular weight is 606 g/mol. The summed E-state index contributed by atoms with van der Waals surface area (Å²) in [4.78, 5) is 25.7. The highest BCUT2D eigenvalue weighted by molar-refractivity contribution is 7.92. The van der Waals surface area contributed by atoms with Gasteiger partial charge < -0.3 is 24.4 Å². The molecule has 3 heterocycles. The molecule has 0 bridgehead atoms. The second-order valence-corrected chi connectivity index (χ2v) is 13.9. The van der Waals surface area contributed by atoms with Crippen molar-refractivity contribution in [3.05, 3.63) is 72.1 Å². The van der Waals surface area contributed by atoms with Crippen molar-refractivity contribution >= 4 is 50.2 Å². The van der Waals surface area contributed by atoms with Gasteiger partial charge in [0.15, 0.2) is 0 Å². The Labute approximate surface area is 253 Å². The zero-order valence-electron chi connectivity index (χ0n) is 25.5. The molecule has 1 N–H and O–H groups in total. The lowest BCUT2D eigenvalue weighted by molar-refractivity contribution is 0.0240. The molecule has 1 aliphatic heterocycles. The Kier molecular flexibility index (Phi) is 8.24. The van der Waals surface area contributed by atoms with Crippen LogP contribution in [0.5, 0.6) is 0 Å². The van der Waals surface area contributed by atoms with Gasteiger partial charge in [0.2, 0.25) is 16.0 Å². The summed E-state index contributed by atoms with van der Waals surface area (Å²) in [5, 5.41) is 4.18. The van der Waals surface area contributed by atoms with Crippen LogP contribution in [0.15, 0.2) is 60.9 Å². The van der Waals surface area contributed by atoms with Crippen molar-refractivity contribution in [2.75, 3.05) is 54.0 Å².